The number of halogens is 2. The zero-order chi connectivity index (χ0) is 12.4. The molecule has 1 aromatic carbocycles. The van der Waals surface area contributed by atoms with Crippen LogP contribution in [0.5, 0.6) is 0 Å². The lowest BCUT2D eigenvalue weighted by Crippen LogP contribution is -2.45. The smallest absolute Gasteiger partial charge is 0.141 e. The van der Waals surface area contributed by atoms with Crippen molar-refractivity contribution in [3.05, 3.63) is 29.0 Å². The molecule has 0 bridgehead atoms. The molecule has 1 saturated heterocycles. The van der Waals surface area contributed by atoms with E-state index in [9.17, 15) is 8.60 Å². The highest BCUT2D eigenvalue weighted by Crippen LogP contribution is 2.23. The maximum absolute atomic E-state index is 13.0. The van der Waals surface area contributed by atoms with Gasteiger partial charge in [0.05, 0.1) is 27.7 Å². The predicted octanol–water partition coefficient (Wildman–Crippen LogP) is 1.70. The highest BCUT2D eigenvalue weighted by atomic mass is 35.5. The fourth-order valence-electron chi connectivity index (χ4n) is 1.73. The molecule has 2 rings (SSSR count). The first-order valence-electron chi connectivity index (χ1n) is 5.28. The van der Waals surface area contributed by atoms with Crippen molar-refractivity contribution in [2.24, 2.45) is 5.73 Å². The Morgan fingerprint density at radius 2 is 2.29 bits per heavy atom. The quantitative estimate of drug-likeness (QED) is 0.895. The third-order valence-electron chi connectivity index (χ3n) is 2.75. The highest BCUT2D eigenvalue weighted by Gasteiger charge is 2.29. The van der Waals surface area contributed by atoms with Crippen molar-refractivity contribution in [1.82, 2.24) is 0 Å². The molecule has 1 heterocycles. The Morgan fingerprint density at radius 1 is 1.53 bits per heavy atom. The van der Waals surface area contributed by atoms with Crippen LogP contribution in [0.2, 0.25) is 5.02 Å². The van der Waals surface area contributed by atoms with Gasteiger partial charge in [0.2, 0.25) is 0 Å². The summed E-state index contributed by atoms with van der Waals surface area (Å²) in [4.78, 5) is 0.488. The molecule has 3 nitrogen and oxygen atoms in total. The van der Waals surface area contributed by atoms with Crippen LogP contribution in [0.3, 0.4) is 0 Å². The number of nitrogens with two attached hydrogens (primary N) is 1. The first kappa shape index (κ1) is 13.0. The molecule has 3 atom stereocenters. The van der Waals surface area contributed by atoms with E-state index < -0.39 is 16.6 Å². The fourth-order valence-corrected chi connectivity index (χ4v) is 3.43. The lowest BCUT2D eigenvalue weighted by Gasteiger charge is -2.27. The van der Waals surface area contributed by atoms with Gasteiger partial charge in [-0.2, -0.15) is 0 Å². The van der Waals surface area contributed by atoms with Gasteiger partial charge in [0.15, 0.2) is 0 Å². The molecule has 0 radical (unpaired) electrons. The van der Waals surface area contributed by atoms with Gasteiger partial charge in [-0.3, -0.25) is 4.21 Å². The fraction of sp³-hybridized carbons (Fsp3) is 0.455. The van der Waals surface area contributed by atoms with Crippen molar-refractivity contribution in [3.63, 3.8) is 0 Å². The van der Waals surface area contributed by atoms with Crippen LogP contribution in [-0.2, 0) is 15.5 Å². The summed E-state index contributed by atoms with van der Waals surface area (Å²) in [5.41, 5.74) is 5.91. The standard InChI is InChI=1S/C11H13ClFNO2S/c12-8-5-7(1-2-9(8)13)17(15)11-6-16-4-3-10(11)14/h1-2,5,10-11H,3-4,6,14H2. The van der Waals surface area contributed by atoms with Crippen LogP contribution in [0.15, 0.2) is 23.1 Å². The van der Waals surface area contributed by atoms with Crippen molar-refractivity contribution in [2.45, 2.75) is 22.6 Å². The molecule has 1 aliphatic rings. The molecule has 1 aliphatic heterocycles. The molecule has 1 aromatic rings. The molecule has 0 saturated carbocycles. The van der Waals surface area contributed by atoms with Crippen molar-refractivity contribution in [2.75, 3.05) is 13.2 Å². The third kappa shape index (κ3) is 2.85. The first-order chi connectivity index (χ1) is 8.09. The van der Waals surface area contributed by atoms with E-state index in [0.29, 0.717) is 24.5 Å². The molecule has 3 unspecified atom stereocenters. The molecular weight excluding hydrogens is 265 g/mol. The van der Waals surface area contributed by atoms with Crippen LogP contribution < -0.4 is 5.73 Å². The number of benzene rings is 1. The molecule has 6 heteroatoms. The first-order valence-corrected chi connectivity index (χ1v) is 6.87. The lowest BCUT2D eigenvalue weighted by molar-refractivity contribution is 0.0904. The Morgan fingerprint density at radius 3 is 2.94 bits per heavy atom. The maximum atomic E-state index is 13.0. The van der Waals surface area contributed by atoms with E-state index in [0.717, 1.165) is 0 Å². The van der Waals surface area contributed by atoms with Gasteiger partial charge < -0.3 is 10.5 Å². The second kappa shape index (κ2) is 5.44. The minimum atomic E-state index is -1.32. The van der Waals surface area contributed by atoms with Gasteiger partial charge in [-0.05, 0) is 24.6 Å². The topological polar surface area (TPSA) is 52.3 Å². The van der Waals surface area contributed by atoms with Crippen LogP contribution in [-0.4, -0.2) is 28.7 Å². The van der Waals surface area contributed by atoms with Crippen LogP contribution in [0, 0.1) is 5.82 Å². The summed E-state index contributed by atoms with van der Waals surface area (Å²) in [5, 5.41) is -0.286. The Labute approximate surface area is 107 Å². The minimum Gasteiger partial charge on any atom is -0.380 e. The molecule has 1 fully saturated rings. The Bertz CT molecular complexity index is 443. The summed E-state index contributed by atoms with van der Waals surface area (Å²) in [7, 11) is -1.32. The molecule has 2 N–H and O–H groups in total. The summed E-state index contributed by atoms with van der Waals surface area (Å²) in [6.07, 6.45) is 0.686. The summed E-state index contributed by atoms with van der Waals surface area (Å²) in [6, 6.07) is 3.91. The average Bonchev–Trinajstić information content (AvgIpc) is 2.32. The monoisotopic (exact) mass is 277 g/mol. The predicted molar refractivity (Wildman–Crippen MR) is 65.0 cm³/mol. The lowest BCUT2D eigenvalue weighted by atomic mass is 10.1. The molecular formula is C11H13ClFNO2S. The average molecular weight is 278 g/mol. The molecule has 0 aromatic heterocycles. The Kier molecular flexibility index (Phi) is 4.14. The molecule has 0 amide bonds. The summed E-state index contributed by atoms with van der Waals surface area (Å²) < 4.78 is 30.5. The SMILES string of the molecule is NC1CCOCC1S(=O)c1ccc(F)c(Cl)c1. The minimum absolute atomic E-state index is 0.0267. The summed E-state index contributed by atoms with van der Waals surface area (Å²) in [5.74, 6) is -0.517. The van der Waals surface area contributed by atoms with E-state index in [-0.39, 0.29) is 16.3 Å². The number of rotatable bonds is 2. The van der Waals surface area contributed by atoms with E-state index in [1.807, 2.05) is 0 Å². The third-order valence-corrected chi connectivity index (χ3v) is 4.80. The zero-order valence-corrected chi connectivity index (χ0v) is 10.6. The summed E-state index contributed by atoms with van der Waals surface area (Å²) in [6.45, 7) is 0.960. The Hall–Kier alpha value is -0.490. The van der Waals surface area contributed by atoms with E-state index in [2.05, 4.69) is 0 Å². The Balaban J connectivity index is 2.21. The summed E-state index contributed by atoms with van der Waals surface area (Å²) >= 11 is 5.66. The van der Waals surface area contributed by atoms with Crippen LogP contribution in [0.1, 0.15) is 6.42 Å². The van der Waals surface area contributed by atoms with Gasteiger partial charge in [-0.1, -0.05) is 11.6 Å². The number of ether oxygens (including phenoxy) is 1. The van der Waals surface area contributed by atoms with Gasteiger partial charge in [0, 0.05) is 17.5 Å². The number of hydrogen-bond acceptors (Lipinski definition) is 3. The molecule has 17 heavy (non-hydrogen) atoms. The van der Waals surface area contributed by atoms with Crippen LogP contribution in [0.25, 0.3) is 0 Å². The van der Waals surface area contributed by atoms with Crippen molar-refractivity contribution >= 4 is 22.4 Å². The van der Waals surface area contributed by atoms with Gasteiger partial charge in [0.1, 0.15) is 5.82 Å². The van der Waals surface area contributed by atoms with Gasteiger partial charge in [-0.15, -0.1) is 0 Å². The number of hydrogen-bond donors (Lipinski definition) is 1. The van der Waals surface area contributed by atoms with Crippen molar-refractivity contribution in [1.29, 1.82) is 0 Å². The van der Waals surface area contributed by atoms with Gasteiger partial charge in [-0.25, -0.2) is 4.39 Å². The van der Waals surface area contributed by atoms with E-state index in [1.165, 1.54) is 18.2 Å². The highest BCUT2D eigenvalue weighted by molar-refractivity contribution is 7.85. The van der Waals surface area contributed by atoms with Gasteiger partial charge >= 0.3 is 0 Å². The maximum Gasteiger partial charge on any atom is 0.141 e. The van der Waals surface area contributed by atoms with E-state index >= 15 is 0 Å². The van der Waals surface area contributed by atoms with Crippen molar-refractivity contribution in [3.8, 4) is 0 Å². The van der Waals surface area contributed by atoms with Crippen molar-refractivity contribution < 1.29 is 13.3 Å². The molecule has 0 spiro atoms. The van der Waals surface area contributed by atoms with E-state index in [1.54, 1.807) is 0 Å². The second-order valence-electron chi connectivity index (χ2n) is 3.94. The zero-order valence-electron chi connectivity index (χ0n) is 9.07. The normalized spacial score (nSPS) is 26.8. The van der Waals surface area contributed by atoms with Crippen LogP contribution >= 0.6 is 11.6 Å². The second-order valence-corrected chi connectivity index (χ2v) is 6.02. The molecule has 94 valence electrons. The van der Waals surface area contributed by atoms with Crippen LogP contribution in [0.4, 0.5) is 4.39 Å². The van der Waals surface area contributed by atoms with E-state index in [4.69, 9.17) is 22.1 Å². The molecule has 0 aliphatic carbocycles. The van der Waals surface area contributed by atoms with Gasteiger partial charge in [0.25, 0.3) is 0 Å². The largest absolute Gasteiger partial charge is 0.380 e.